The fourth-order valence-corrected chi connectivity index (χ4v) is 1.86. The second-order valence-electron chi connectivity index (χ2n) is 4.29. The molecule has 2 aromatic rings. The zero-order valence-electron chi connectivity index (χ0n) is 11.0. The quantitative estimate of drug-likeness (QED) is 0.718. The van der Waals surface area contributed by atoms with E-state index < -0.39 is 5.97 Å². The standard InChI is InChI=1S/C14H15N3O3/c1-9(18)15-6-7-16-13-11-5-3-2-4-10(11)8-12(17-13)14(19)20/h2-5,8H,6-7H2,1H3,(H,15,18)(H,16,17)(H,19,20). The summed E-state index contributed by atoms with van der Waals surface area (Å²) in [6, 6.07) is 8.95. The second-order valence-corrected chi connectivity index (χ2v) is 4.29. The molecule has 0 radical (unpaired) electrons. The van der Waals surface area contributed by atoms with Gasteiger partial charge in [-0.3, -0.25) is 4.79 Å². The fourth-order valence-electron chi connectivity index (χ4n) is 1.86. The number of amides is 1. The molecule has 0 fully saturated rings. The van der Waals surface area contributed by atoms with Crippen molar-refractivity contribution in [1.82, 2.24) is 10.3 Å². The number of hydrogen-bond acceptors (Lipinski definition) is 4. The van der Waals surface area contributed by atoms with Crippen LogP contribution in [0.25, 0.3) is 10.8 Å². The molecule has 3 N–H and O–H groups in total. The van der Waals surface area contributed by atoms with Crippen LogP contribution in [0.15, 0.2) is 30.3 Å². The molecule has 2 rings (SSSR count). The largest absolute Gasteiger partial charge is 0.477 e. The molecule has 0 atom stereocenters. The Morgan fingerprint density at radius 1 is 1.25 bits per heavy atom. The van der Waals surface area contributed by atoms with Gasteiger partial charge in [0.05, 0.1) is 0 Å². The van der Waals surface area contributed by atoms with Crippen molar-refractivity contribution in [2.45, 2.75) is 6.92 Å². The molecule has 0 aliphatic heterocycles. The van der Waals surface area contributed by atoms with Gasteiger partial charge in [-0.1, -0.05) is 24.3 Å². The van der Waals surface area contributed by atoms with Gasteiger partial charge in [0.25, 0.3) is 0 Å². The summed E-state index contributed by atoms with van der Waals surface area (Å²) in [5, 5.41) is 16.4. The molecule has 1 amide bonds. The zero-order valence-corrected chi connectivity index (χ0v) is 11.0. The highest BCUT2D eigenvalue weighted by atomic mass is 16.4. The van der Waals surface area contributed by atoms with Gasteiger partial charge in [-0.25, -0.2) is 9.78 Å². The highest BCUT2D eigenvalue weighted by Gasteiger charge is 2.10. The Balaban J connectivity index is 2.25. The third-order valence-corrected chi connectivity index (χ3v) is 2.75. The number of benzene rings is 1. The first-order valence-electron chi connectivity index (χ1n) is 6.19. The van der Waals surface area contributed by atoms with E-state index in [1.165, 1.54) is 13.0 Å². The Morgan fingerprint density at radius 3 is 2.70 bits per heavy atom. The van der Waals surface area contributed by atoms with Gasteiger partial charge in [0.1, 0.15) is 5.82 Å². The van der Waals surface area contributed by atoms with Gasteiger partial charge >= 0.3 is 5.97 Å². The molecule has 0 saturated heterocycles. The number of nitrogens with zero attached hydrogens (tertiary/aromatic N) is 1. The Bertz CT molecular complexity index is 655. The van der Waals surface area contributed by atoms with E-state index in [2.05, 4.69) is 15.6 Å². The first kappa shape index (κ1) is 13.8. The molecule has 6 heteroatoms. The van der Waals surface area contributed by atoms with E-state index in [0.29, 0.717) is 18.9 Å². The fraction of sp³-hybridized carbons (Fsp3) is 0.214. The summed E-state index contributed by atoms with van der Waals surface area (Å²) in [5.41, 5.74) is -0.00859. The molecule has 104 valence electrons. The van der Waals surface area contributed by atoms with Gasteiger partial charge in [0, 0.05) is 25.4 Å². The minimum Gasteiger partial charge on any atom is -0.477 e. The molecule has 0 unspecified atom stereocenters. The maximum Gasteiger partial charge on any atom is 0.354 e. The van der Waals surface area contributed by atoms with Crippen molar-refractivity contribution in [2.24, 2.45) is 0 Å². The minimum atomic E-state index is -1.07. The normalized spacial score (nSPS) is 10.2. The smallest absolute Gasteiger partial charge is 0.354 e. The summed E-state index contributed by atoms with van der Waals surface area (Å²) in [4.78, 5) is 25.9. The third-order valence-electron chi connectivity index (χ3n) is 2.75. The van der Waals surface area contributed by atoms with Crippen molar-refractivity contribution in [3.8, 4) is 0 Å². The first-order valence-corrected chi connectivity index (χ1v) is 6.19. The number of aromatic carboxylic acids is 1. The molecule has 1 heterocycles. The average Bonchev–Trinajstić information content (AvgIpc) is 2.42. The van der Waals surface area contributed by atoms with Crippen LogP contribution >= 0.6 is 0 Å². The topological polar surface area (TPSA) is 91.3 Å². The monoisotopic (exact) mass is 273 g/mol. The van der Waals surface area contributed by atoms with Crippen molar-refractivity contribution in [2.75, 3.05) is 18.4 Å². The molecule has 1 aromatic heterocycles. The van der Waals surface area contributed by atoms with E-state index in [4.69, 9.17) is 5.11 Å². The van der Waals surface area contributed by atoms with Gasteiger partial charge in [-0.05, 0) is 11.5 Å². The van der Waals surface area contributed by atoms with Gasteiger partial charge in [-0.2, -0.15) is 0 Å². The van der Waals surface area contributed by atoms with E-state index in [9.17, 15) is 9.59 Å². The maximum atomic E-state index is 11.1. The lowest BCUT2D eigenvalue weighted by atomic mass is 10.1. The van der Waals surface area contributed by atoms with Crippen molar-refractivity contribution >= 4 is 28.5 Å². The van der Waals surface area contributed by atoms with Gasteiger partial charge in [0.15, 0.2) is 5.69 Å². The lowest BCUT2D eigenvalue weighted by molar-refractivity contribution is -0.118. The number of anilines is 1. The van der Waals surface area contributed by atoms with Gasteiger partial charge in [0.2, 0.25) is 5.91 Å². The molecule has 1 aromatic carbocycles. The number of rotatable bonds is 5. The van der Waals surface area contributed by atoms with Crippen LogP contribution < -0.4 is 10.6 Å². The predicted molar refractivity (Wildman–Crippen MR) is 75.9 cm³/mol. The van der Waals surface area contributed by atoms with Crippen molar-refractivity contribution in [3.63, 3.8) is 0 Å². The molecule has 0 saturated carbocycles. The van der Waals surface area contributed by atoms with Crippen LogP contribution in [0.1, 0.15) is 17.4 Å². The molecular weight excluding hydrogens is 258 g/mol. The number of carbonyl (C=O) groups excluding carboxylic acids is 1. The SMILES string of the molecule is CC(=O)NCCNc1nc(C(=O)O)cc2ccccc12. The van der Waals surface area contributed by atoms with Crippen LogP contribution in [0, 0.1) is 0 Å². The minimum absolute atomic E-state index is 0.00859. The molecule has 20 heavy (non-hydrogen) atoms. The van der Waals surface area contributed by atoms with E-state index in [1.807, 2.05) is 24.3 Å². The van der Waals surface area contributed by atoms with Crippen molar-refractivity contribution in [3.05, 3.63) is 36.0 Å². The number of pyridine rings is 1. The van der Waals surface area contributed by atoms with Gasteiger partial charge < -0.3 is 15.7 Å². The third kappa shape index (κ3) is 3.23. The van der Waals surface area contributed by atoms with Crippen LogP contribution in [0.3, 0.4) is 0 Å². The van der Waals surface area contributed by atoms with Crippen LogP contribution in [-0.4, -0.2) is 35.1 Å². The summed E-state index contributed by atoms with van der Waals surface area (Å²) in [6.45, 7) is 2.36. The average molecular weight is 273 g/mol. The second kappa shape index (κ2) is 6.01. The molecule has 0 spiro atoms. The molecule has 0 aliphatic rings. The predicted octanol–water partition coefficient (Wildman–Crippen LogP) is 1.48. The molecule has 0 bridgehead atoms. The van der Waals surface area contributed by atoms with Crippen LogP contribution in [0.2, 0.25) is 0 Å². The lowest BCUT2D eigenvalue weighted by Crippen LogP contribution is -2.26. The van der Waals surface area contributed by atoms with Crippen LogP contribution in [-0.2, 0) is 4.79 Å². The first-order chi connectivity index (χ1) is 9.58. The number of fused-ring (bicyclic) bond motifs is 1. The van der Waals surface area contributed by atoms with Crippen molar-refractivity contribution in [1.29, 1.82) is 0 Å². The maximum absolute atomic E-state index is 11.1. The van der Waals surface area contributed by atoms with E-state index in [-0.39, 0.29) is 11.6 Å². The number of carbonyl (C=O) groups is 2. The molecule has 6 nitrogen and oxygen atoms in total. The van der Waals surface area contributed by atoms with E-state index in [0.717, 1.165) is 10.8 Å². The van der Waals surface area contributed by atoms with Crippen molar-refractivity contribution < 1.29 is 14.7 Å². The molecular formula is C14H15N3O3. The van der Waals surface area contributed by atoms with E-state index in [1.54, 1.807) is 0 Å². The zero-order chi connectivity index (χ0) is 14.5. The van der Waals surface area contributed by atoms with Gasteiger partial charge in [-0.15, -0.1) is 0 Å². The summed E-state index contributed by atoms with van der Waals surface area (Å²) in [6.07, 6.45) is 0. The number of carboxylic acid groups (broad SMARTS) is 1. The Labute approximate surface area is 115 Å². The number of aromatic nitrogens is 1. The number of carboxylic acids is 1. The Kier molecular flexibility index (Phi) is 4.14. The highest BCUT2D eigenvalue weighted by Crippen LogP contribution is 2.22. The van der Waals surface area contributed by atoms with E-state index >= 15 is 0 Å². The number of nitrogens with one attached hydrogen (secondary N) is 2. The molecule has 0 aliphatic carbocycles. The lowest BCUT2D eigenvalue weighted by Gasteiger charge is -2.10. The summed E-state index contributed by atoms with van der Waals surface area (Å²) >= 11 is 0. The summed E-state index contributed by atoms with van der Waals surface area (Å²) in [5.74, 6) is -0.671. The van der Waals surface area contributed by atoms with Crippen LogP contribution in [0.5, 0.6) is 0 Å². The number of hydrogen-bond donors (Lipinski definition) is 3. The summed E-state index contributed by atoms with van der Waals surface area (Å²) < 4.78 is 0. The summed E-state index contributed by atoms with van der Waals surface area (Å²) in [7, 11) is 0. The highest BCUT2D eigenvalue weighted by molar-refractivity contribution is 5.97. The Morgan fingerprint density at radius 2 is 2.00 bits per heavy atom. The van der Waals surface area contributed by atoms with Crippen LogP contribution in [0.4, 0.5) is 5.82 Å². The Hall–Kier alpha value is -2.63.